The smallest absolute Gasteiger partial charge is 0.261 e. The summed E-state index contributed by atoms with van der Waals surface area (Å²) in [7, 11) is -3.10. The van der Waals surface area contributed by atoms with Gasteiger partial charge in [-0.05, 0) is 48.2 Å². The predicted octanol–water partition coefficient (Wildman–Crippen LogP) is 3.50. The Labute approximate surface area is 171 Å². The molecule has 1 fully saturated rings. The maximum absolute atomic E-state index is 12.9. The summed E-state index contributed by atoms with van der Waals surface area (Å²) in [6.07, 6.45) is 1.40. The first-order valence-electron chi connectivity index (χ1n) is 9.32. The van der Waals surface area contributed by atoms with Gasteiger partial charge in [0, 0.05) is 17.6 Å². The molecule has 0 bridgehead atoms. The molecule has 0 aromatic heterocycles. The van der Waals surface area contributed by atoms with E-state index in [0.29, 0.717) is 23.7 Å². The number of sulfone groups is 1. The van der Waals surface area contributed by atoms with Crippen LogP contribution in [-0.4, -0.2) is 43.4 Å². The number of hydrogen-bond donors (Lipinski definition) is 0. The van der Waals surface area contributed by atoms with Gasteiger partial charge in [-0.2, -0.15) is 0 Å². The third-order valence-corrected chi connectivity index (χ3v) is 6.93. The minimum absolute atomic E-state index is 0.00668. The first-order chi connectivity index (χ1) is 13.4. The van der Waals surface area contributed by atoms with E-state index in [9.17, 15) is 13.2 Å². The first-order valence-corrected chi connectivity index (χ1v) is 11.5. The molecule has 2 aromatic carbocycles. The summed E-state index contributed by atoms with van der Waals surface area (Å²) in [5.41, 5.74) is 2.19. The van der Waals surface area contributed by atoms with E-state index in [4.69, 9.17) is 16.3 Å². The molecular weight excluding hydrogens is 398 g/mol. The molecule has 5 nitrogen and oxygen atoms in total. The monoisotopic (exact) mass is 421 g/mol. The maximum Gasteiger partial charge on any atom is 0.261 e. The Morgan fingerprint density at radius 1 is 1.11 bits per heavy atom. The average Bonchev–Trinajstić information content (AvgIpc) is 3.05. The van der Waals surface area contributed by atoms with Crippen molar-refractivity contribution < 1.29 is 17.9 Å². The lowest BCUT2D eigenvalue weighted by Gasteiger charge is -2.28. The van der Waals surface area contributed by atoms with Gasteiger partial charge in [0.2, 0.25) is 0 Å². The number of ether oxygens (including phenoxy) is 1. The minimum Gasteiger partial charge on any atom is -0.484 e. The van der Waals surface area contributed by atoms with Crippen LogP contribution >= 0.6 is 11.6 Å². The summed E-state index contributed by atoms with van der Waals surface area (Å²) in [5.74, 6) is 0.446. The van der Waals surface area contributed by atoms with Crippen molar-refractivity contribution in [3.8, 4) is 5.75 Å². The molecule has 1 saturated heterocycles. The number of aryl methyl sites for hydroxylation is 1. The highest BCUT2D eigenvalue weighted by atomic mass is 35.5. The molecule has 7 heteroatoms. The van der Waals surface area contributed by atoms with Crippen LogP contribution in [0, 0.1) is 0 Å². The number of benzene rings is 2. The molecule has 1 amide bonds. The van der Waals surface area contributed by atoms with Gasteiger partial charge in [0.25, 0.3) is 5.91 Å². The van der Waals surface area contributed by atoms with Gasteiger partial charge in [-0.1, -0.05) is 42.8 Å². The molecule has 2 aromatic rings. The number of nitrogens with zero attached hydrogens (tertiary/aromatic N) is 1. The van der Waals surface area contributed by atoms with Crippen LogP contribution in [0.2, 0.25) is 5.02 Å². The van der Waals surface area contributed by atoms with Crippen molar-refractivity contribution in [2.24, 2.45) is 0 Å². The molecule has 1 aliphatic heterocycles. The standard InChI is InChI=1S/C21H24ClNO4S/c1-2-16-3-5-17(6-4-16)13-23(19-11-12-28(25,26)15-19)21(24)14-27-20-9-7-18(22)8-10-20/h3-10,19H,2,11-15H2,1H3/t19-/m0/s1. The van der Waals surface area contributed by atoms with Gasteiger partial charge in [-0.15, -0.1) is 0 Å². The average molecular weight is 422 g/mol. The van der Waals surface area contributed by atoms with E-state index in [2.05, 4.69) is 6.92 Å². The van der Waals surface area contributed by atoms with Crippen LogP contribution in [-0.2, 0) is 27.6 Å². The van der Waals surface area contributed by atoms with Gasteiger partial charge in [0.05, 0.1) is 11.5 Å². The zero-order valence-corrected chi connectivity index (χ0v) is 17.4. The summed E-state index contributed by atoms with van der Waals surface area (Å²) < 4.78 is 29.5. The summed E-state index contributed by atoms with van der Waals surface area (Å²) in [4.78, 5) is 14.5. The molecule has 0 unspecified atom stereocenters. The lowest BCUT2D eigenvalue weighted by atomic mass is 10.1. The van der Waals surface area contributed by atoms with Crippen molar-refractivity contribution >= 4 is 27.3 Å². The van der Waals surface area contributed by atoms with Crippen LogP contribution < -0.4 is 4.74 Å². The molecule has 0 saturated carbocycles. The predicted molar refractivity (Wildman–Crippen MR) is 110 cm³/mol. The highest BCUT2D eigenvalue weighted by Crippen LogP contribution is 2.21. The fourth-order valence-electron chi connectivity index (χ4n) is 3.28. The van der Waals surface area contributed by atoms with Crippen LogP contribution in [0.25, 0.3) is 0 Å². The van der Waals surface area contributed by atoms with E-state index in [-0.39, 0.29) is 30.1 Å². The van der Waals surface area contributed by atoms with Crippen LogP contribution in [0.5, 0.6) is 5.75 Å². The Morgan fingerprint density at radius 2 is 1.75 bits per heavy atom. The van der Waals surface area contributed by atoms with E-state index in [0.717, 1.165) is 12.0 Å². The molecule has 1 atom stereocenters. The lowest BCUT2D eigenvalue weighted by Crippen LogP contribution is -2.43. The second-order valence-corrected chi connectivity index (χ2v) is 9.66. The van der Waals surface area contributed by atoms with Gasteiger partial charge >= 0.3 is 0 Å². The van der Waals surface area contributed by atoms with Crippen LogP contribution in [0.1, 0.15) is 24.5 Å². The molecule has 28 heavy (non-hydrogen) atoms. The van der Waals surface area contributed by atoms with Crippen LogP contribution in [0.4, 0.5) is 0 Å². The van der Waals surface area contributed by atoms with Gasteiger partial charge in [-0.25, -0.2) is 8.42 Å². The second kappa shape index (κ2) is 8.97. The van der Waals surface area contributed by atoms with Crippen molar-refractivity contribution in [1.29, 1.82) is 0 Å². The Hall–Kier alpha value is -2.05. The Kier molecular flexibility index (Phi) is 6.62. The van der Waals surface area contributed by atoms with Crippen molar-refractivity contribution in [1.82, 2.24) is 4.90 Å². The Bertz CT molecular complexity index is 910. The third-order valence-electron chi connectivity index (χ3n) is 4.93. The number of carbonyl (C=O) groups is 1. The summed E-state index contributed by atoms with van der Waals surface area (Å²) in [6, 6.07) is 14.5. The van der Waals surface area contributed by atoms with Gasteiger partial charge in [-0.3, -0.25) is 4.79 Å². The molecule has 1 aliphatic rings. The second-order valence-electron chi connectivity index (χ2n) is 6.99. The molecule has 0 radical (unpaired) electrons. The van der Waals surface area contributed by atoms with E-state index < -0.39 is 9.84 Å². The molecule has 1 heterocycles. The molecule has 0 aliphatic carbocycles. The largest absolute Gasteiger partial charge is 0.484 e. The minimum atomic E-state index is -3.10. The SMILES string of the molecule is CCc1ccc(CN(C(=O)COc2ccc(Cl)cc2)[C@H]2CCS(=O)(=O)C2)cc1. The zero-order chi connectivity index (χ0) is 20.1. The molecular formula is C21H24ClNO4S. The molecule has 150 valence electrons. The normalized spacial score (nSPS) is 18.0. The first kappa shape index (κ1) is 20.7. The lowest BCUT2D eigenvalue weighted by molar-refractivity contribution is -0.136. The topological polar surface area (TPSA) is 63.7 Å². The highest BCUT2D eigenvalue weighted by Gasteiger charge is 2.34. The summed E-state index contributed by atoms with van der Waals surface area (Å²) in [6.45, 7) is 2.31. The zero-order valence-electron chi connectivity index (χ0n) is 15.8. The Balaban J connectivity index is 1.72. The van der Waals surface area contributed by atoms with E-state index in [1.54, 1.807) is 29.2 Å². The molecule has 0 N–H and O–H groups in total. The van der Waals surface area contributed by atoms with Crippen LogP contribution in [0.15, 0.2) is 48.5 Å². The fourth-order valence-corrected chi connectivity index (χ4v) is 5.13. The van der Waals surface area contributed by atoms with E-state index in [1.807, 2.05) is 24.3 Å². The molecule has 3 rings (SSSR count). The van der Waals surface area contributed by atoms with Crippen molar-refractivity contribution in [3.05, 3.63) is 64.7 Å². The number of rotatable bonds is 7. The quantitative estimate of drug-likeness (QED) is 0.686. The van der Waals surface area contributed by atoms with Gasteiger partial charge in [0.1, 0.15) is 5.75 Å². The van der Waals surface area contributed by atoms with E-state index in [1.165, 1.54) is 5.56 Å². The summed E-state index contributed by atoms with van der Waals surface area (Å²) >= 11 is 5.86. The fraction of sp³-hybridized carbons (Fsp3) is 0.381. The van der Waals surface area contributed by atoms with Crippen molar-refractivity contribution in [2.75, 3.05) is 18.1 Å². The van der Waals surface area contributed by atoms with E-state index >= 15 is 0 Å². The van der Waals surface area contributed by atoms with Crippen LogP contribution in [0.3, 0.4) is 0 Å². The summed E-state index contributed by atoms with van der Waals surface area (Å²) in [5, 5.41) is 0.590. The highest BCUT2D eigenvalue weighted by molar-refractivity contribution is 7.91. The third kappa shape index (κ3) is 5.49. The number of halogens is 1. The van der Waals surface area contributed by atoms with Crippen molar-refractivity contribution in [2.45, 2.75) is 32.4 Å². The van der Waals surface area contributed by atoms with Crippen molar-refractivity contribution in [3.63, 3.8) is 0 Å². The molecule has 0 spiro atoms. The number of hydrogen-bond acceptors (Lipinski definition) is 4. The number of carbonyl (C=O) groups excluding carboxylic acids is 1. The van der Waals surface area contributed by atoms with Gasteiger partial charge in [0.15, 0.2) is 16.4 Å². The number of amides is 1. The maximum atomic E-state index is 12.9. The Morgan fingerprint density at radius 3 is 2.32 bits per heavy atom. The van der Waals surface area contributed by atoms with Gasteiger partial charge < -0.3 is 9.64 Å².